The van der Waals surface area contributed by atoms with Crippen LogP contribution in [0.15, 0.2) is 0 Å². The summed E-state index contributed by atoms with van der Waals surface area (Å²) in [5.41, 5.74) is 0. The normalized spacial score (nSPS) is 13.3. The Labute approximate surface area is 84.9 Å². The summed E-state index contributed by atoms with van der Waals surface area (Å²) in [6.07, 6.45) is 0. The minimum atomic E-state index is -5.05. The molecule has 0 aliphatic heterocycles. The summed E-state index contributed by atoms with van der Waals surface area (Å²) in [6.45, 7) is 4.30. The van der Waals surface area contributed by atoms with E-state index in [1.807, 2.05) is 0 Å². The first kappa shape index (κ1) is 14.2. The molecule has 0 aromatic rings. The Morgan fingerprint density at radius 1 is 0.857 bits per heavy atom. The third kappa shape index (κ3) is 3.41. The predicted molar refractivity (Wildman–Crippen MR) is 46.7 cm³/mol. The Morgan fingerprint density at radius 3 is 1.29 bits per heavy atom. The molecule has 86 valence electrons. The quantitative estimate of drug-likeness (QED) is 0.696. The third-order valence-corrected chi connectivity index (χ3v) is 7.02. The van der Waals surface area contributed by atoms with Gasteiger partial charge in [-0.2, -0.15) is 0 Å². The molecule has 0 aromatic carbocycles. The molecule has 0 N–H and O–H groups in total. The first-order valence-electron chi connectivity index (χ1n) is 4.42. The molecule has 0 bridgehead atoms. The maximum absolute atomic E-state index is 12.6. The van der Waals surface area contributed by atoms with E-state index in [1.165, 1.54) is 20.8 Å². The molecule has 0 heterocycles. The van der Waals surface area contributed by atoms with Gasteiger partial charge in [-0.25, -0.2) is 0 Å². The van der Waals surface area contributed by atoms with Gasteiger partial charge >= 0.3 is 84.3 Å². The Morgan fingerprint density at radius 2 is 1.14 bits per heavy atom. The summed E-state index contributed by atoms with van der Waals surface area (Å²) in [5, 5.41) is -4.51. The van der Waals surface area contributed by atoms with Crippen molar-refractivity contribution in [2.45, 2.75) is 25.8 Å². The van der Waals surface area contributed by atoms with Crippen LogP contribution < -0.4 is 0 Å². The van der Waals surface area contributed by atoms with Crippen LogP contribution >= 0.6 is 0 Å². The van der Waals surface area contributed by atoms with Crippen LogP contribution in [-0.2, 0) is 11.3 Å². The van der Waals surface area contributed by atoms with Gasteiger partial charge in [-0.1, -0.05) is 0 Å². The van der Waals surface area contributed by atoms with E-state index < -0.39 is 19.3 Å². The second kappa shape index (κ2) is 5.94. The van der Waals surface area contributed by atoms with Gasteiger partial charge in [0.05, 0.1) is 0 Å². The predicted octanol–water partition coefficient (Wildman–Crippen LogP) is 2.14. The van der Waals surface area contributed by atoms with Gasteiger partial charge in [0.25, 0.3) is 0 Å². The maximum atomic E-state index is 12.6. The molecule has 7 heteroatoms. The van der Waals surface area contributed by atoms with E-state index in [4.69, 9.17) is 11.3 Å². The Kier molecular flexibility index (Phi) is 6.03. The zero-order valence-electron chi connectivity index (χ0n) is 8.48. The number of alkyl halides is 3. The van der Waals surface area contributed by atoms with Gasteiger partial charge in [0.1, 0.15) is 0 Å². The van der Waals surface area contributed by atoms with E-state index in [0.29, 0.717) is 0 Å². The van der Waals surface area contributed by atoms with Crippen molar-refractivity contribution in [2.24, 2.45) is 0 Å². The first-order chi connectivity index (χ1) is 6.43. The molecule has 0 aliphatic carbocycles. The molecular formula is C7H15F3GeO3. The minimum absolute atomic E-state index is 0.0560. The molecule has 0 radical (unpaired) electrons. The van der Waals surface area contributed by atoms with Crippen LogP contribution in [0.2, 0.25) is 0 Å². The van der Waals surface area contributed by atoms with Crippen LogP contribution in [0, 0.1) is 0 Å². The molecule has 0 amide bonds. The Hall–Kier alpha value is 0.213. The summed E-state index contributed by atoms with van der Waals surface area (Å²) in [7, 11) is 0. The Bertz CT molecular complexity index is 146. The zero-order valence-corrected chi connectivity index (χ0v) is 10.6. The fraction of sp³-hybridized carbons (Fsp3) is 1.00. The van der Waals surface area contributed by atoms with E-state index >= 15 is 0 Å². The van der Waals surface area contributed by atoms with Gasteiger partial charge in [-0.15, -0.1) is 0 Å². The van der Waals surface area contributed by atoms with Crippen molar-refractivity contribution in [3.63, 3.8) is 0 Å². The standard InChI is InChI=1S/C7H15F3GeO3/c1-4-12-11(13-5-2,14-6-3)7(8,9)10/h4-6H2,1-3H3. The van der Waals surface area contributed by atoms with Gasteiger partial charge in [-0.3, -0.25) is 0 Å². The van der Waals surface area contributed by atoms with Gasteiger partial charge in [0.15, 0.2) is 0 Å². The van der Waals surface area contributed by atoms with Gasteiger partial charge in [-0.05, 0) is 0 Å². The molecule has 0 aliphatic rings. The van der Waals surface area contributed by atoms with Gasteiger partial charge < -0.3 is 0 Å². The average molecular weight is 277 g/mol. The van der Waals surface area contributed by atoms with Gasteiger partial charge in [0, 0.05) is 0 Å². The Balaban J connectivity index is 4.73. The van der Waals surface area contributed by atoms with E-state index in [-0.39, 0.29) is 19.8 Å². The second-order valence-electron chi connectivity index (χ2n) is 2.35. The molecular weight excluding hydrogens is 262 g/mol. The number of hydrogen-bond donors (Lipinski definition) is 0. The molecule has 0 saturated carbocycles. The second-order valence-corrected chi connectivity index (χ2v) is 7.69. The van der Waals surface area contributed by atoms with Crippen LogP contribution in [0.5, 0.6) is 0 Å². The molecule has 3 nitrogen and oxygen atoms in total. The van der Waals surface area contributed by atoms with Crippen molar-refractivity contribution in [2.75, 3.05) is 19.8 Å². The summed E-state index contributed by atoms with van der Waals surface area (Å²) < 4.78 is 52.0. The van der Waals surface area contributed by atoms with Crippen molar-refractivity contribution < 1.29 is 24.5 Å². The van der Waals surface area contributed by atoms with Crippen molar-refractivity contribution >= 4 is 14.3 Å². The van der Waals surface area contributed by atoms with E-state index in [9.17, 15) is 13.2 Å². The fourth-order valence-electron chi connectivity index (χ4n) is 0.941. The van der Waals surface area contributed by atoms with E-state index in [0.717, 1.165) is 0 Å². The van der Waals surface area contributed by atoms with E-state index in [2.05, 4.69) is 0 Å². The molecule has 0 fully saturated rings. The van der Waals surface area contributed by atoms with Crippen LogP contribution in [0.3, 0.4) is 0 Å². The van der Waals surface area contributed by atoms with Crippen LogP contribution in [0.1, 0.15) is 20.8 Å². The molecule has 0 atom stereocenters. The number of halogens is 3. The third-order valence-electron chi connectivity index (χ3n) is 1.35. The van der Waals surface area contributed by atoms with Crippen LogP contribution in [-0.4, -0.2) is 39.1 Å². The van der Waals surface area contributed by atoms with Crippen molar-refractivity contribution in [1.82, 2.24) is 0 Å². The summed E-state index contributed by atoms with van der Waals surface area (Å²) in [5.74, 6) is 0. The van der Waals surface area contributed by atoms with Crippen molar-refractivity contribution in [3.8, 4) is 0 Å². The molecule has 14 heavy (non-hydrogen) atoms. The first-order valence-corrected chi connectivity index (χ1v) is 8.04. The fourth-order valence-corrected chi connectivity index (χ4v) is 4.89. The SMILES string of the molecule is CC[O][Ge]([O]CC)([O]CC)[C](F)(F)F. The van der Waals surface area contributed by atoms with E-state index in [1.54, 1.807) is 0 Å². The summed E-state index contributed by atoms with van der Waals surface area (Å²) >= 11 is -5.05. The molecule has 0 unspecified atom stereocenters. The molecule has 0 saturated heterocycles. The molecule has 0 spiro atoms. The summed E-state index contributed by atoms with van der Waals surface area (Å²) in [6, 6.07) is 0. The molecule has 0 aromatic heterocycles. The van der Waals surface area contributed by atoms with Gasteiger partial charge in [0.2, 0.25) is 0 Å². The monoisotopic (exact) mass is 278 g/mol. The molecule has 0 rings (SSSR count). The topological polar surface area (TPSA) is 27.7 Å². The van der Waals surface area contributed by atoms with Crippen LogP contribution in [0.4, 0.5) is 13.2 Å². The number of rotatable bonds is 6. The summed E-state index contributed by atoms with van der Waals surface area (Å²) in [4.78, 5) is 0. The van der Waals surface area contributed by atoms with Crippen molar-refractivity contribution in [3.05, 3.63) is 0 Å². The van der Waals surface area contributed by atoms with Crippen LogP contribution in [0.25, 0.3) is 0 Å². The van der Waals surface area contributed by atoms with Crippen molar-refractivity contribution in [1.29, 1.82) is 0 Å². The zero-order chi connectivity index (χ0) is 11.2. The average Bonchev–Trinajstić information content (AvgIpc) is 2.03. The number of hydrogen-bond acceptors (Lipinski definition) is 3.